The fraction of sp³-hybridized carbons (Fsp3) is 0.667. The summed E-state index contributed by atoms with van der Waals surface area (Å²) in [5, 5.41) is 13.3. The van der Waals surface area contributed by atoms with Crippen LogP contribution in [0.5, 0.6) is 0 Å². The second kappa shape index (κ2) is 9.12. The standard InChI is InChI=1S/C15H25BrN4O.HI/c1-17-15(18-8-11-5-4-6-14(11)21)20(3)10-13-7-12(16)9-19(13)2;/h7,9,11,14,21H,4-6,8,10H2,1-3H3,(H,17,18);1H. The van der Waals surface area contributed by atoms with E-state index in [1.165, 1.54) is 5.69 Å². The van der Waals surface area contributed by atoms with Gasteiger partial charge in [0, 0.05) is 50.0 Å². The van der Waals surface area contributed by atoms with Crippen molar-refractivity contribution in [3.63, 3.8) is 0 Å². The number of aliphatic hydroxyl groups is 1. The molecule has 0 aliphatic heterocycles. The highest BCUT2D eigenvalue weighted by molar-refractivity contribution is 14.0. The zero-order valence-electron chi connectivity index (χ0n) is 13.4. The maximum absolute atomic E-state index is 9.89. The molecule has 0 saturated heterocycles. The minimum atomic E-state index is -0.162. The number of nitrogens with one attached hydrogen (secondary N) is 1. The van der Waals surface area contributed by atoms with Crippen molar-refractivity contribution in [2.24, 2.45) is 18.0 Å². The maximum atomic E-state index is 9.89. The Labute approximate surface area is 158 Å². The van der Waals surface area contributed by atoms with Crippen LogP contribution < -0.4 is 5.32 Å². The van der Waals surface area contributed by atoms with E-state index >= 15 is 0 Å². The molecule has 1 aromatic rings. The first-order chi connectivity index (χ1) is 10.0. The molecule has 1 aliphatic rings. The number of hydrogen-bond acceptors (Lipinski definition) is 2. The van der Waals surface area contributed by atoms with Gasteiger partial charge in [0.1, 0.15) is 0 Å². The van der Waals surface area contributed by atoms with Crippen molar-refractivity contribution < 1.29 is 5.11 Å². The highest BCUT2D eigenvalue weighted by Crippen LogP contribution is 2.24. The smallest absolute Gasteiger partial charge is 0.193 e. The Balaban J connectivity index is 0.00000242. The average molecular weight is 485 g/mol. The van der Waals surface area contributed by atoms with Gasteiger partial charge in [-0.1, -0.05) is 6.42 Å². The van der Waals surface area contributed by atoms with Crippen LogP contribution in [0.1, 0.15) is 25.0 Å². The van der Waals surface area contributed by atoms with Crippen molar-refractivity contribution in [1.29, 1.82) is 0 Å². The van der Waals surface area contributed by atoms with Crippen molar-refractivity contribution in [3.8, 4) is 0 Å². The van der Waals surface area contributed by atoms with Gasteiger partial charge in [0.2, 0.25) is 0 Å². The predicted octanol–water partition coefficient (Wildman–Crippen LogP) is 2.57. The maximum Gasteiger partial charge on any atom is 0.193 e. The first kappa shape index (κ1) is 19.8. The summed E-state index contributed by atoms with van der Waals surface area (Å²) in [5.41, 5.74) is 1.22. The van der Waals surface area contributed by atoms with Crippen LogP contribution in [0, 0.1) is 5.92 Å². The molecule has 22 heavy (non-hydrogen) atoms. The number of aromatic nitrogens is 1. The molecule has 0 spiro atoms. The molecule has 5 nitrogen and oxygen atoms in total. The number of aliphatic hydroxyl groups excluding tert-OH is 1. The Morgan fingerprint density at radius 1 is 1.55 bits per heavy atom. The molecule has 0 amide bonds. The predicted molar refractivity (Wildman–Crippen MR) is 105 cm³/mol. The Kier molecular flexibility index (Phi) is 8.20. The number of aryl methyl sites for hydroxylation is 1. The molecule has 7 heteroatoms. The molecule has 0 radical (unpaired) electrons. The van der Waals surface area contributed by atoms with E-state index in [4.69, 9.17) is 0 Å². The third-order valence-electron chi connectivity index (χ3n) is 4.19. The second-order valence-electron chi connectivity index (χ2n) is 5.80. The Morgan fingerprint density at radius 3 is 2.77 bits per heavy atom. The van der Waals surface area contributed by atoms with Crippen molar-refractivity contribution in [2.75, 3.05) is 20.6 Å². The summed E-state index contributed by atoms with van der Waals surface area (Å²) in [7, 11) is 5.87. The summed E-state index contributed by atoms with van der Waals surface area (Å²) in [6.45, 7) is 1.57. The first-order valence-electron chi connectivity index (χ1n) is 7.42. The molecule has 2 unspecified atom stereocenters. The summed E-state index contributed by atoms with van der Waals surface area (Å²) in [4.78, 5) is 6.44. The lowest BCUT2D eigenvalue weighted by Crippen LogP contribution is -2.42. The highest BCUT2D eigenvalue weighted by atomic mass is 127. The van der Waals surface area contributed by atoms with Gasteiger partial charge >= 0.3 is 0 Å². The monoisotopic (exact) mass is 484 g/mol. The van der Waals surface area contributed by atoms with Gasteiger partial charge in [-0.15, -0.1) is 24.0 Å². The van der Waals surface area contributed by atoms with Crippen LogP contribution in [0.3, 0.4) is 0 Å². The molecule has 2 rings (SSSR count). The van der Waals surface area contributed by atoms with Crippen LogP contribution in [0.15, 0.2) is 21.7 Å². The van der Waals surface area contributed by atoms with E-state index in [9.17, 15) is 5.11 Å². The largest absolute Gasteiger partial charge is 0.393 e. The Hall–Kier alpha value is -0.280. The van der Waals surface area contributed by atoms with E-state index in [1.54, 1.807) is 7.05 Å². The fourth-order valence-corrected chi connectivity index (χ4v) is 3.48. The van der Waals surface area contributed by atoms with Gasteiger partial charge in [0.05, 0.1) is 12.6 Å². The van der Waals surface area contributed by atoms with E-state index in [0.29, 0.717) is 5.92 Å². The van der Waals surface area contributed by atoms with Gasteiger partial charge in [-0.3, -0.25) is 4.99 Å². The molecule has 0 bridgehead atoms. The van der Waals surface area contributed by atoms with E-state index in [1.807, 2.05) is 20.3 Å². The first-order valence-corrected chi connectivity index (χ1v) is 8.21. The van der Waals surface area contributed by atoms with Crippen LogP contribution in [-0.2, 0) is 13.6 Å². The number of hydrogen-bond donors (Lipinski definition) is 2. The topological polar surface area (TPSA) is 52.8 Å². The van der Waals surface area contributed by atoms with E-state index in [0.717, 1.165) is 42.8 Å². The summed E-state index contributed by atoms with van der Waals surface area (Å²) >= 11 is 3.50. The third-order valence-corrected chi connectivity index (χ3v) is 4.62. The van der Waals surface area contributed by atoms with Crippen molar-refractivity contribution >= 4 is 45.9 Å². The van der Waals surface area contributed by atoms with E-state index < -0.39 is 0 Å². The van der Waals surface area contributed by atoms with E-state index in [-0.39, 0.29) is 30.1 Å². The zero-order chi connectivity index (χ0) is 15.4. The number of aliphatic imine (C=N–C) groups is 1. The van der Waals surface area contributed by atoms with Crippen molar-refractivity contribution in [1.82, 2.24) is 14.8 Å². The van der Waals surface area contributed by atoms with Gasteiger partial charge < -0.3 is 19.9 Å². The molecule has 1 saturated carbocycles. The van der Waals surface area contributed by atoms with Crippen molar-refractivity contribution in [3.05, 3.63) is 22.4 Å². The summed E-state index contributed by atoms with van der Waals surface area (Å²) < 4.78 is 3.19. The fourth-order valence-electron chi connectivity index (χ4n) is 2.90. The molecule has 126 valence electrons. The van der Waals surface area contributed by atoms with Gasteiger partial charge in [-0.05, 0) is 34.8 Å². The highest BCUT2D eigenvalue weighted by Gasteiger charge is 2.25. The minimum Gasteiger partial charge on any atom is -0.393 e. The quantitative estimate of drug-likeness (QED) is 0.392. The molecule has 1 aromatic heterocycles. The van der Waals surface area contributed by atoms with Crippen LogP contribution in [-0.4, -0.2) is 47.3 Å². The van der Waals surface area contributed by atoms with Crippen LogP contribution >= 0.6 is 39.9 Å². The summed E-state index contributed by atoms with van der Waals surface area (Å²) in [6.07, 6.45) is 5.04. The van der Waals surface area contributed by atoms with Crippen LogP contribution in [0.25, 0.3) is 0 Å². The lowest BCUT2D eigenvalue weighted by Gasteiger charge is -2.24. The molecule has 0 aromatic carbocycles. The molecule has 1 heterocycles. The number of nitrogens with zero attached hydrogens (tertiary/aromatic N) is 3. The average Bonchev–Trinajstić information content (AvgIpc) is 2.97. The SMILES string of the molecule is CN=C(NCC1CCCC1O)N(C)Cc1cc(Br)cn1C.I. The zero-order valence-corrected chi connectivity index (χ0v) is 17.3. The summed E-state index contributed by atoms with van der Waals surface area (Å²) in [5.74, 6) is 1.21. The molecule has 1 fully saturated rings. The number of guanidine groups is 1. The second-order valence-corrected chi connectivity index (χ2v) is 6.72. The third kappa shape index (κ3) is 5.13. The number of halogens is 2. The van der Waals surface area contributed by atoms with Gasteiger partial charge in [-0.25, -0.2) is 0 Å². The Morgan fingerprint density at radius 2 is 2.27 bits per heavy atom. The van der Waals surface area contributed by atoms with Gasteiger partial charge in [-0.2, -0.15) is 0 Å². The van der Waals surface area contributed by atoms with Crippen LogP contribution in [0.2, 0.25) is 0 Å². The normalized spacial score (nSPS) is 21.6. The van der Waals surface area contributed by atoms with Crippen molar-refractivity contribution in [2.45, 2.75) is 31.9 Å². The lowest BCUT2D eigenvalue weighted by molar-refractivity contribution is 0.134. The summed E-state index contributed by atoms with van der Waals surface area (Å²) in [6, 6.07) is 2.12. The number of rotatable bonds is 4. The van der Waals surface area contributed by atoms with E-state index in [2.05, 4.69) is 41.8 Å². The molecular weight excluding hydrogens is 459 g/mol. The molecular formula is C15H26BrIN4O. The Bertz CT molecular complexity index is 506. The lowest BCUT2D eigenvalue weighted by atomic mass is 10.1. The molecule has 1 aliphatic carbocycles. The minimum absolute atomic E-state index is 0. The molecule has 2 atom stereocenters. The van der Waals surface area contributed by atoms with Crippen LogP contribution in [0.4, 0.5) is 0 Å². The van der Waals surface area contributed by atoms with Gasteiger partial charge in [0.15, 0.2) is 5.96 Å². The molecule has 2 N–H and O–H groups in total. The van der Waals surface area contributed by atoms with Gasteiger partial charge in [0.25, 0.3) is 0 Å².